The molecule has 0 fully saturated rings. The molecule has 0 saturated heterocycles. The van der Waals surface area contributed by atoms with Crippen LogP contribution in [0.4, 0.5) is 0 Å². The average Bonchev–Trinajstić information content (AvgIpc) is 2.73. The second-order valence-corrected chi connectivity index (χ2v) is 4.70. The molecule has 0 amide bonds. The van der Waals surface area contributed by atoms with Crippen molar-refractivity contribution in [3.63, 3.8) is 0 Å². The third-order valence-corrected chi connectivity index (χ3v) is 3.52. The van der Waals surface area contributed by atoms with E-state index < -0.39 is 5.97 Å². The predicted octanol–water partition coefficient (Wildman–Crippen LogP) is 2.40. The number of hydrogen-bond donors (Lipinski definition) is 1. The number of nitrogens with one attached hydrogen (secondary N) is 1. The van der Waals surface area contributed by atoms with Crippen molar-refractivity contribution in [2.75, 3.05) is 7.11 Å². The molecular formula is C14H18N2O3. The van der Waals surface area contributed by atoms with Crippen LogP contribution in [0.5, 0.6) is 0 Å². The van der Waals surface area contributed by atoms with Crippen molar-refractivity contribution in [1.82, 2.24) is 9.55 Å². The van der Waals surface area contributed by atoms with Gasteiger partial charge in [-0.25, -0.2) is 9.59 Å². The van der Waals surface area contributed by atoms with Gasteiger partial charge in [-0.1, -0.05) is 13.0 Å². The molecule has 5 nitrogen and oxygen atoms in total. The zero-order chi connectivity index (χ0) is 14.2. The Kier molecular flexibility index (Phi) is 3.46. The number of hydrogen-bond acceptors (Lipinski definition) is 3. The number of H-pyrrole nitrogens is 1. The smallest absolute Gasteiger partial charge is 0.340 e. The summed E-state index contributed by atoms with van der Waals surface area (Å²) in [6.45, 7) is 5.82. The van der Waals surface area contributed by atoms with Crippen molar-refractivity contribution in [2.45, 2.75) is 33.2 Å². The van der Waals surface area contributed by atoms with Crippen LogP contribution < -0.4 is 5.69 Å². The van der Waals surface area contributed by atoms with Crippen LogP contribution in [-0.2, 0) is 4.74 Å². The lowest BCUT2D eigenvalue weighted by Gasteiger charge is -2.11. The van der Waals surface area contributed by atoms with Crippen molar-refractivity contribution < 1.29 is 9.53 Å². The van der Waals surface area contributed by atoms with Gasteiger partial charge in [-0.3, -0.25) is 4.57 Å². The zero-order valence-electron chi connectivity index (χ0n) is 11.6. The molecule has 1 atom stereocenters. The maximum absolute atomic E-state index is 12.1. The SMILES string of the molecule is CCC(C)n1c(=O)[nH]c2c(C(=O)OC)c(C)ccc21. The Morgan fingerprint density at radius 3 is 2.74 bits per heavy atom. The standard InChI is InChI=1S/C14H18N2O3/c1-5-9(3)16-10-7-6-8(2)11(13(17)19-4)12(10)15-14(16)18/h6-7,9H,5H2,1-4H3,(H,15,18). The molecule has 1 aromatic heterocycles. The monoisotopic (exact) mass is 262 g/mol. The van der Waals surface area contributed by atoms with E-state index in [4.69, 9.17) is 4.74 Å². The molecule has 1 unspecified atom stereocenters. The molecule has 0 aliphatic heterocycles. The molecule has 102 valence electrons. The first-order chi connectivity index (χ1) is 9.01. The number of carbonyl (C=O) groups excluding carboxylic acids is 1. The van der Waals surface area contributed by atoms with Crippen molar-refractivity contribution in [1.29, 1.82) is 0 Å². The fourth-order valence-electron chi connectivity index (χ4n) is 2.28. The summed E-state index contributed by atoms with van der Waals surface area (Å²) in [5.41, 5.74) is 2.32. The number of ether oxygens (including phenoxy) is 1. The first-order valence-corrected chi connectivity index (χ1v) is 6.33. The molecule has 0 saturated carbocycles. The van der Waals surface area contributed by atoms with Crippen LogP contribution in [0.25, 0.3) is 11.0 Å². The maximum atomic E-state index is 12.1. The summed E-state index contributed by atoms with van der Waals surface area (Å²) in [5, 5.41) is 0. The van der Waals surface area contributed by atoms with Crippen LogP contribution >= 0.6 is 0 Å². The highest BCUT2D eigenvalue weighted by Gasteiger charge is 2.19. The van der Waals surface area contributed by atoms with Crippen LogP contribution in [0.3, 0.4) is 0 Å². The number of benzene rings is 1. The number of rotatable bonds is 3. The molecule has 0 spiro atoms. The van der Waals surface area contributed by atoms with Crippen molar-refractivity contribution >= 4 is 17.0 Å². The predicted molar refractivity (Wildman–Crippen MR) is 73.6 cm³/mol. The molecule has 2 aromatic rings. The second-order valence-electron chi connectivity index (χ2n) is 4.70. The van der Waals surface area contributed by atoms with Gasteiger partial charge in [-0.2, -0.15) is 0 Å². The molecule has 0 radical (unpaired) electrons. The minimum absolute atomic E-state index is 0.0782. The van der Waals surface area contributed by atoms with Gasteiger partial charge < -0.3 is 9.72 Å². The topological polar surface area (TPSA) is 64.1 Å². The van der Waals surface area contributed by atoms with Crippen LogP contribution in [0, 0.1) is 6.92 Å². The van der Waals surface area contributed by atoms with E-state index in [1.807, 2.05) is 32.9 Å². The quantitative estimate of drug-likeness (QED) is 0.864. The minimum atomic E-state index is -0.430. The molecule has 1 heterocycles. The summed E-state index contributed by atoms with van der Waals surface area (Å²) in [5.74, 6) is -0.430. The lowest BCUT2D eigenvalue weighted by atomic mass is 10.1. The van der Waals surface area contributed by atoms with Crippen molar-refractivity contribution in [3.8, 4) is 0 Å². The van der Waals surface area contributed by atoms with Gasteiger partial charge in [0.15, 0.2) is 0 Å². The average molecular weight is 262 g/mol. The third kappa shape index (κ3) is 2.05. The van der Waals surface area contributed by atoms with Gasteiger partial charge >= 0.3 is 11.7 Å². The van der Waals surface area contributed by atoms with Gasteiger partial charge in [-0.05, 0) is 31.9 Å². The van der Waals surface area contributed by atoms with Gasteiger partial charge in [0.05, 0.1) is 23.7 Å². The molecule has 0 aliphatic carbocycles. The summed E-state index contributed by atoms with van der Waals surface area (Å²) in [6, 6.07) is 3.77. The lowest BCUT2D eigenvalue weighted by Crippen LogP contribution is -2.19. The number of fused-ring (bicyclic) bond motifs is 1. The molecular weight excluding hydrogens is 244 g/mol. The van der Waals surface area contributed by atoms with Crippen molar-refractivity contribution in [3.05, 3.63) is 33.7 Å². The highest BCUT2D eigenvalue weighted by Crippen LogP contribution is 2.23. The molecule has 1 N–H and O–H groups in total. The summed E-state index contributed by atoms with van der Waals surface area (Å²) in [6.07, 6.45) is 0.842. The normalized spacial score (nSPS) is 12.6. The zero-order valence-corrected chi connectivity index (χ0v) is 11.6. The first-order valence-electron chi connectivity index (χ1n) is 6.33. The van der Waals surface area contributed by atoms with Crippen LogP contribution in [0.15, 0.2) is 16.9 Å². The largest absolute Gasteiger partial charge is 0.465 e. The van der Waals surface area contributed by atoms with E-state index in [9.17, 15) is 9.59 Å². The molecule has 0 aliphatic rings. The lowest BCUT2D eigenvalue weighted by molar-refractivity contribution is 0.0602. The Morgan fingerprint density at radius 1 is 1.47 bits per heavy atom. The van der Waals surface area contributed by atoms with Gasteiger partial charge in [0, 0.05) is 6.04 Å². The number of aryl methyl sites for hydroxylation is 1. The number of carbonyl (C=O) groups is 1. The molecule has 0 bridgehead atoms. The van der Waals surface area contributed by atoms with E-state index in [1.165, 1.54) is 7.11 Å². The Morgan fingerprint density at radius 2 is 2.16 bits per heavy atom. The van der Waals surface area contributed by atoms with E-state index in [1.54, 1.807) is 4.57 Å². The van der Waals surface area contributed by atoms with Gasteiger partial charge in [-0.15, -0.1) is 0 Å². The molecule has 5 heteroatoms. The Balaban J connectivity index is 2.82. The Labute approximate surface area is 111 Å². The van der Waals surface area contributed by atoms with E-state index >= 15 is 0 Å². The summed E-state index contributed by atoms with van der Waals surface area (Å²) >= 11 is 0. The number of nitrogens with zero attached hydrogens (tertiary/aromatic N) is 1. The van der Waals surface area contributed by atoms with Gasteiger partial charge in [0.25, 0.3) is 0 Å². The van der Waals surface area contributed by atoms with E-state index in [0.717, 1.165) is 17.5 Å². The highest BCUT2D eigenvalue weighted by molar-refractivity contribution is 6.03. The summed E-state index contributed by atoms with van der Waals surface area (Å²) in [7, 11) is 1.34. The number of aromatic nitrogens is 2. The number of esters is 1. The van der Waals surface area contributed by atoms with Gasteiger partial charge in [0.2, 0.25) is 0 Å². The van der Waals surface area contributed by atoms with E-state index in [0.29, 0.717) is 11.1 Å². The molecule has 1 aromatic carbocycles. The number of imidazole rings is 1. The Bertz CT molecular complexity index is 682. The third-order valence-electron chi connectivity index (χ3n) is 3.52. The summed E-state index contributed by atoms with van der Waals surface area (Å²) < 4.78 is 6.47. The molecule has 19 heavy (non-hydrogen) atoms. The van der Waals surface area contributed by atoms with E-state index in [2.05, 4.69) is 4.98 Å². The number of methoxy groups -OCH3 is 1. The van der Waals surface area contributed by atoms with Gasteiger partial charge in [0.1, 0.15) is 0 Å². The van der Waals surface area contributed by atoms with Crippen LogP contribution in [0.1, 0.15) is 42.2 Å². The number of aromatic amines is 1. The molecule has 2 rings (SSSR count). The fourth-order valence-corrected chi connectivity index (χ4v) is 2.28. The van der Waals surface area contributed by atoms with Crippen molar-refractivity contribution in [2.24, 2.45) is 0 Å². The minimum Gasteiger partial charge on any atom is -0.465 e. The fraction of sp³-hybridized carbons (Fsp3) is 0.429. The van der Waals surface area contributed by atoms with Crippen LogP contribution in [0.2, 0.25) is 0 Å². The maximum Gasteiger partial charge on any atom is 0.340 e. The van der Waals surface area contributed by atoms with Crippen LogP contribution in [-0.4, -0.2) is 22.6 Å². The second kappa shape index (κ2) is 4.91. The Hall–Kier alpha value is -2.04. The highest BCUT2D eigenvalue weighted by atomic mass is 16.5. The van der Waals surface area contributed by atoms with E-state index in [-0.39, 0.29) is 11.7 Å². The first kappa shape index (κ1) is 13.4. The summed E-state index contributed by atoms with van der Waals surface area (Å²) in [4.78, 5) is 26.7.